The average molecular weight is 330 g/mol. The highest BCUT2D eigenvalue weighted by atomic mass is 32.2. The van der Waals surface area contributed by atoms with Gasteiger partial charge in [-0.25, -0.2) is 8.42 Å². The number of aryl methyl sites for hydroxylation is 1. The van der Waals surface area contributed by atoms with Gasteiger partial charge in [0.25, 0.3) is 0 Å². The van der Waals surface area contributed by atoms with Crippen molar-refractivity contribution in [3.05, 3.63) is 11.7 Å². The fourth-order valence-corrected chi connectivity index (χ4v) is 4.96. The van der Waals surface area contributed by atoms with E-state index in [0.29, 0.717) is 57.5 Å². The first-order valence-corrected chi connectivity index (χ1v) is 9.14. The molecule has 8 nitrogen and oxygen atoms in total. The van der Waals surface area contributed by atoms with Crippen LogP contribution in [0.25, 0.3) is 0 Å². The smallest absolute Gasteiger partial charge is 0.223 e. The molecule has 0 amide bonds. The lowest BCUT2D eigenvalue weighted by atomic mass is 10.1. The third-order valence-electron chi connectivity index (χ3n) is 4.15. The second-order valence-electron chi connectivity index (χ2n) is 5.79. The molecule has 0 saturated carbocycles. The maximum atomic E-state index is 12.7. The molecule has 1 aromatic rings. The zero-order valence-electron chi connectivity index (χ0n) is 12.8. The maximum absolute atomic E-state index is 12.7. The van der Waals surface area contributed by atoms with E-state index in [1.54, 1.807) is 11.2 Å². The molecule has 9 heteroatoms. The van der Waals surface area contributed by atoms with Crippen molar-refractivity contribution in [3.63, 3.8) is 0 Å². The van der Waals surface area contributed by atoms with Crippen LogP contribution in [-0.4, -0.2) is 72.4 Å². The molecular formula is C13H22N4O4S. The van der Waals surface area contributed by atoms with Gasteiger partial charge in [0.2, 0.25) is 15.9 Å². The van der Waals surface area contributed by atoms with Crippen LogP contribution in [0, 0.1) is 6.92 Å². The van der Waals surface area contributed by atoms with Crippen LogP contribution in [-0.2, 0) is 21.3 Å². The molecule has 0 bridgehead atoms. The van der Waals surface area contributed by atoms with Crippen LogP contribution < -0.4 is 0 Å². The summed E-state index contributed by atoms with van der Waals surface area (Å²) in [4.78, 5) is 6.28. The van der Waals surface area contributed by atoms with Gasteiger partial charge in [0.15, 0.2) is 5.82 Å². The third-order valence-corrected chi connectivity index (χ3v) is 6.46. The van der Waals surface area contributed by atoms with Crippen molar-refractivity contribution in [3.8, 4) is 0 Å². The summed E-state index contributed by atoms with van der Waals surface area (Å²) in [5.74, 6) is 1.14. The van der Waals surface area contributed by atoms with Gasteiger partial charge in [-0.1, -0.05) is 5.16 Å². The summed E-state index contributed by atoms with van der Waals surface area (Å²) in [5.41, 5.74) is 0. The topological polar surface area (TPSA) is 88.8 Å². The fraction of sp³-hybridized carbons (Fsp3) is 0.846. The van der Waals surface area contributed by atoms with Crippen molar-refractivity contribution in [2.24, 2.45) is 0 Å². The summed E-state index contributed by atoms with van der Waals surface area (Å²) in [6.07, 6.45) is 1.58. The van der Waals surface area contributed by atoms with Gasteiger partial charge in [0.05, 0.1) is 25.0 Å². The first kappa shape index (κ1) is 15.9. The van der Waals surface area contributed by atoms with Gasteiger partial charge >= 0.3 is 0 Å². The van der Waals surface area contributed by atoms with Crippen molar-refractivity contribution in [1.29, 1.82) is 0 Å². The molecule has 0 unspecified atom stereocenters. The molecule has 3 rings (SSSR count). The van der Waals surface area contributed by atoms with E-state index in [2.05, 4.69) is 15.0 Å². The normalized spacial score (nSPS) is 25.4. The van der Waals surface area contributed by atoms with E-state index in [-0.39, 0.29) is 5.25 Å². The Morgan fingerprint density at radius 2 is 2.05 bits per heavy atom. The Hall–Kier alpha value is -1.03. The highest BCUT2D eigenvalue weighted by molar-refractivity contribution is 7.89. The molecule has 22 heavy (non-hydrogen) atoms. The maximum Gasteiger partial charge on any atom is 0.223 e. The van der Waals surface area contributed by atoms with E-state index in [1.165, 1.54) is 0 Å². The van der Waals surface area contributed by atoms with Gasteiger partial charge in [-0.2, -0.15) is 9.29 Å². The molecule has 0 aliphatic carbocycles. The summed E-state index contributed by atoms with van der Waals surface area (Å²) >= 11 is 0. The predicted octanol–water partition coefficient (Wildman–Crippen LogP) is 0.00442. The van der Waals surface area contributed by atoms with Crippen molar-refractivity contribution >= 4 is 10.0 Å². The Morgan fingerprint density at radius 1 is 1.27 bits per heavy atom. The van der Waals surface area contributed by atoms with Crippen LogP contribution in [0.1, 0.15) is 24.6 Å². The number of hydrogen-bond donors (Lipinski definition) is 0. The van der Waals surface area contributed by atoms with Crippen LogP contribution >= 0.6 is 0 Å². The Morgan fingerprint density at radius 3 is 2.73 bits per heavy atom. The molecule has 2 aliphatic rings. The largest absolute Gasteiger partial charge is 0.379 e. The standard InChI is InChI=1S/C13H22N4O4S/c1-11-14-13(15-21-11)10-16-4-2-3-12(9-16)22(18,19)17-5-7-20-8-6-17/h12H,2-10H2,1H3/t12-/m1/s1. The van der Waals surface area contributed by atoms with Crippen LogP contribution in [0.5, 0.6) is 0 Å². The first-order valence-electron chi connectivity index (χ1n) is 7.64. The molecule has 2 fully saturated rings. The van der Waals surface area contributed by atoms with Gasteiger partial charge in [0.1, 0.15) is 0 Å². The Labute approximate surface area is 130 Å². The number of aromatic nitrogens is 2. The minimum absolute atomic E-state index is 0.354. The molecule has 0 N–H and O–H groups in total. The fourth-order valence-electron chi connectivity index (χ4n) is 3.02. The molecule has 3 heterocycles. The van der Waals surface area contributed by atoms with Gasteiger partial charge in [-0.3, -0.25) is 4.90 Å². The Bertz CT molecular complexity index is 597. The second-order valence-corrected chi connectivity index (χ2v) is 8.00. The van der Waals surface area contributed by atoms with E-state index < -0.39 is 10.0 Å². The zero-order valence-corrected chi connectivity index (χ0v) is 13.6. The summed E-state index contributed by atoms with van der Waals surface area (Å²) in [5, 5.41) is 3.53. The summed E-state index contributed by atoms with van der Waals surface area (Å²) in [7, 11) is -3.26. The average Bonchev–Trinajstić information content (AvgIpc) is 2.93. The lowest BCUT2D eigenvalue weighted by molar-refractivity contribution is 0.0718. The molecule has 2 aliphatic heterocycles. The molecule has 124 valence electrons. The molecule has 2 saturated heterocycles. The molecular weight excluding hydrogens is 308 g/mol. The van der Waals surface area contributed by atoms with Crippen LogP contribution in [0.4, 0.5) is 0 Å². The minimum Gasteiger partial charge on any atom is -0.379 e. The van der Waals surface area contributed by atoms with Crippen molar-refractivity contribution in [2.45, 2.75) is 31.6 Å². The SMILES string of the molecule is Cc1nc(CN2CCC[C@@H](S(=O)(=O)N3CCOCC3)C2)no1. The highest BCUT2D eigenvalue weighted by Gasteiger charge is 2.36. The van der Waals surface area contributed by atoms with Crippen LogP contribution in [0.3, 0.4) is 0 Å². The molecule has 1 atom stereocenters. The van der Waals surface area contributed by atoms with E-state index in [9.17, 15) is 8.42 Å². The molecule has 0 radical (unpaired) electrons. The lowest BCUT2D eigenvalue weighted by Gasteiger charge is -2.35. The van der Waals surface area contributed by atoms with Crippen LogP contribution in [0.2, 0.25) is 0 Å². The number of rotatable bonds is 4. The zero-order chi connectivity index (χ0) is 15.6. The summed E-state index contributed by atoms with van der Waals surface area (Å²) < 4.78 is 37.3. The van der Waals surface area contributed by atoms with E-state index in [4.69, 9.17) is 9.26 Å². The molecule has 1 aromatic heterocycles. The summed E-state index contributed by atoms with van der Waals surface area (Å²) in [6, 6.07) is 0. The third kappa shape index (κ3) is 3.48. The second kappa shape index (κ2) is 6.61. The van der Waals surface area contributed by atoms with E-state index in [1.807, 2.05) is 0 Å². The van der Waals surface area contributed by atoms with E-state index in [0.717, 1.165) is 13.0 Å². The van der Waals surface area contributed by atoms with Gasteiger partial charge < -0.3 is 9.26 Å². The monoisotopic (exact) mass is 330 g/mol. The van der Waals surface area contributed by atoms with E-state index >= 15 is 0 Å². The predicted molar refractivity (Wildman–Crippen MR) is 78.6 cm³/mol. The summed E-state index contributed by atoms with van der Waals surface area (Å²) in [6.45, 7) is 5.56. The Balaban J connectivity index is 1.64. The number of ether oxygens (including phenoxy) is 1. The van der Waals surface area contributed by atoms with Crippen LogP contribution in [0.15, 0.2) is 4.52 Å². The first-order chi connectivity index (χ1) is 10.6. The number of piperidine rings is 1. The number of likely N-dealkylation sites (tertiary alicyclic amines) is 1. The van der Waals surface area contributed by atoms with Crippen molar-refractivity contribution in [1.82, 2.24) is 19.3 Å². The lowest BCUT2D eigenvalue weighted by Crippen LogP contribution is -2.50. The van der Waals surface area contributed by atoms with Crippen molar-refractivity contribution < 1.29 is 17.7 Å². The number of nitrogens with zero attached hydrogens (tertiary/aromatic N) is 4. The number of hydrogen-bond acceptors (Lipinski definition) is 7. The van der Waals surface area contributed by atoms with Crippen molar-refractivity contribution in [2.75, 3.05) is 39.4 Å². The molecule has 0 spiro atoms. The van der Waals surface area contributed by atoms with Gasteiger partial charge in [-0.05, 0) is 19.4 Å². The Kier molecular flexibility index (Phi) is 4.76. The number of morpholine rings is 1. The minimum atomic E-state index is -3.26. The highest BCUT2D eigenvalue weighted by Crippen LogP contribution is 2.22. The molecule has 0 aromatic carbocycles. The van der Waals surface area contributed by atoms with Gasteiger partial charge in [-0.15, -0.1) is 0 Å². The van der Waals surface area contributed by atoms with Gasteiger partial charge in [0, 0.05) is 26.6 Å². The quantitative estimate of drug-likeness (QED) is 0.768. The number of sulfonamides is 1.